The minimum Gasteiger partial charge on any atom is -0.352 e. The fraction of sp³-hybridized carbons (Fsp3) is 0.250. The van der Waals surface area contributed by atoms with Crippen molar-refractivity contribution < 1.29 is 4.79 Å². The summed E-state index contributed by atoms with van der Waals surface area (Å²) >= 11 is 0. The Hall–Kier alpha value is -3.14. The van der Waals surface area contributed by atoms with Gasteiger partial charge in [0.15, 0.2) is 0 Å². The third-order valence-corrected chi connectivity index (χ3v) is 5.24. The van der Waals surface area contributed by atoms with Crippen molar-refractivity contribution in [2.45, 2.75) is 32.2 Å². The third kappa shape index (κ3) is 3.91. The van der Waals surface area contributed by atoms with Gasteiger partial charge < -0.3 is 10.2 Å². The molecular formula is C24H25N3O. The number of aromatic nitrogens is 1. The molecule has 1 amide bonds. The lowest BCUT2D eigenvalue weighted by Gasteiger charge is -2.25. The van der Waals surface area contributed by atoms with Crippen LogP contribution in [0.15, 0.2) is 73.1 Å². The fourth-order valence-corrected chi connectivity index (χ4v) is 3.88. The van der Waals surface area contributed by atoms with Crippen LogP contribution in [0.4, 0.5) is 11.4 Å². The smallest absolute Gasteiger partial charge is 0.252 e. The molecule has 1 aliphatic rings. The van der Waals surface area contributed by atoms with E-state index in [-0.39, 0.29) is 5.91 Å². The number of benzene rings is 2. The molecule has 0 fully saturated rings. The standard InChI is InChI=1S/C24H25N3O/c1-18-14-20-11-5-6-12-23(20)27(18)22-15-21(16-25-17-22)24(28)26-13-7-10-19-8-3-2-4-9-19/h2-6,8-9,11-12,15-18H,7,10,13-14H2,1H3,(H,26,28). The summed E-state index contributed by atoms with van der Waals surface area (Å²) in [5.74, 6) is -0.0671. The maximum atomic E-state index is 12.6. The second-order valence-corrected chi connectivity index (χ2v) is 7.33. The largest absolute Gasteiger partial charge is 0.352 e. The molecule has 4 nitrogen and oxygen atoms in total. The first-order valence-electron chi connectivity index (χ1n) is 9.86. The first kappa shape index (κ1) is 18.2. The maximum Gasteiger partial charge on any atom is 0.252 e. The summed E-state index contributed by atoms with van der Waals surface area (Å²) in [6.07, 6.45) is 6.36. The van der Waals surface area contributed by atoms with Crippen LogP contribution >= 0.6 is 0 Å². The lowest BCUT2D eigenvalue weighted by atomic mass is 10.1. The van der Waals surface area contributed by atoms with Gasteiger partial charge in [-0.1, -0.05) is 48.5 Å². The zero-order valence-corrected chi connectivity index (χ0v) is 16.1. The van der Waals surface area contributed by atoms with E-state index in [2.05, 4.69) is 58.5 Å². The summed E-state index contributed by atoms with van der Waals surface area (Å²) in [6, 6.07) is 21.1. The zero-order chi connectivity index (χ0) is 19.3. The molecule has 0 saturated heterocycles. The number of nitrogens with one attached hydrogen (secondary N) is 1. The molecule has 142 valence electrons. The van der Waals surface area contributed by atoms with Gasteiger partial charge in [-0.15, -0.1) is 0 Å². The number of anilines is 2. The third-order valence-electron chi connectivity index (χ3n) is 5.24. The Labute approximate surface area is 166 Å². The first-order chi connectivity index (χ1) is 13.7. The van der Waals surface area contributed by atoms with Crippen LogP contribution in [0.3, 0.4) is 0 Å². The van der Waals surface area contributed by atoms with Gasteiger partial charge in [-0.2, -0.15) is 0 Å². The number of amides is 1. The van der Waals surface area contributed by atoms with Gasteiger partial charge in [-0.25, -0.2) is 0 Å². The number of para-hydroxylation sites is 1. The van der Waals surface area contributed by atoms with Gasteiger partial charge in [0.1, 0.15) is 0 Å². The molecule has 2 aromatic carbocycles. The topological polar surface area (TPSA) is 45.2 Å². The van der Waals surface area contributed by atoms with Crippen molar-refractivity contribution in [3.8, 4) is 0 Å². The van der Waals surface area contributed by atoms with E-state index >= 15 is 0 Å². The van der Waals surface area contributed by atoms with Crippen molar-refractivity contribution >= 4 is 17.3 Å². The van der Waals surface area contributed by atoms with E-state index in [1.807, 2.05) is 30.5 Å². The van der Waals surface area contributed by atoms with Gasteiger partial charge in [0, 0.05) is 24.5 Å². The molecule has 1 atom stereocenters. The number of aryl methyl sites for hydroxylation is 1. The van der Waals surface area contributed by atoms with Crippen LogP contribution in [0.5, 0.6) is 0 Å². The van der Waals surface area contributed by atoms with Crippen LogP contribution < -0.4 is 10.2 Å². The molecule has 0 spiro atoms. The highest BCUT2D eigenvalue weighted by Gasteiger charge is 2.27. The van der Waals surface area contributed by atoms with E-state index in [1.54, 1.807) is 6.20 Å². The van der Waals surface area contributed by atoms with Crippen molar-refractivity contribution in [3.05, 3.63) is 89.7 Å². The van der Waals surface area contributed by atoms with Crippen molar-refractivity contribution in [3.63, 3.8) is 0 Å². The Morgan fingerprint density at radius 2 is 1.89 bits per heavy atom. The highest BCUT2D eigenvalue weighted by atomic mass is 16.1. The average molecular weight is 371 g/mol. The number of nitrogens with zero attached hydrogens (tertiary/aromatic N) is 2. The Morgan fingerprint density at radius 3 is 2.75 bits per heavy atom. The predicted molar refractivity (Wildman–Crippen MR) is 113 cm³/mol. The summed E-state index contributed by atoms with van der Waals surface area (Å²) in [5, 5.41) is 3.02. The molecule has 0 bridgehead atoms. The molecule has 0 radical (unpaired) electrons. The van der Waals surface area contributed by atoms with Crippen LogP contribution in [-0.4, -0.2) is 23.5 Å². The van der Waals surface area contributed by atoms with Crippen LogP contribution in [0.1, 0.15) is 34.8 Å². The van der Waals surface area contributed by atoms with Crippen molar-refractivity contribution in [1.29, 1.82) is 0 Å². The van der Waals surface area contributed by atoms with Crippen molar-refractivity contribution in [2.24, 2.45) is 0 Å². The number of rotatable bonds is 6. The summed E-state index contributed by atoms with van der Waals surface area (Å²) < 4.78 is 0. The summed E-state index contributed by atoms with van der Waals surface area (Å²) in [5.41, 5.74) is 5.41. The lowest BCUT2D eigenvalue weighted by Crippen LogP contribution is -2.27. The average Bonchev–Trinajstić information content (AvgIpc) is 3.07. The number of hydrogen-bond donors (Lipinski definition) is 1. The van der Waals surface area contributed by atoms with E-state index in [0.717, 1.165) is 24.9 Å². The summed E-state index contributed by atoms with van der Waals surface area (Å²) in [7, 11) is 0. The van der Waals surface area contributed by atoms with E-state index in [0.29, 0.717) is 18.2 Å². The molecule has 0 saturated carbocycles. The normalized spacial score (nSPS) is 15.3. The fourth-order valence-electron chi connectivity index (χ4n) is 3.88. The number of carbonyl (C=O) groups excluding carboxylic acids is 1. The van der Waals surface area contributed by atoms with Gasteiger partial charge in [0.25, 0.3) is 5.91 Å². The van der Waals surface area contributed by atoms with Crippen LogP contribution in [0, 0.1) is 0 Å². The van der Waals surface area contributed by atoms with E-state index in [4.69, 9.17) is 0 Å². The Bertz CT molecular complexity index is 955. The Morgan fingerprint density at radius 1 is 1.11 bits per heavy atom. The van der Waals surface area contributed by atoms with E-state index in [1.165, 1.54) is 16.8 Å². The predicted octanol–water partition coefficient (Wildman–Crippen LogP) is 4.53. The second-order valence-electron chi connectivity index (χ2n) is 7.33. The summed E-state index contributed by atoms with van der Waals surface area (Å²) in [4.78, 5) is 19.2. The molecule has 28 heavy (non-hydrogen) atoms. The minimum atomic E-state index is -0.0671. The minimum absolute atomic E-state index is 0.0671. The van der Waals surface area contributed by atoms with Gasteiger partial charge in [0.2, 0.25) is 0 Å². The Kier molecular flexibility index (Phi) is 5.38. The second kappa shape index (κ2) is 8.26. The first-order valence-corrected chi connectivity index (χ1v) is 9.86. The molecule has 3 aromatic rings. The van der Waals surface area contributed by atoms with Gasteiger partial charge in [-0.3, -0.25) is 9.78 Å². The zero-order valence-electron chi connectivity index (χ0n) is 16.1. The number of fused-ring (bicyclic) bond motifs is 1. The van der Waals surface area contributed by atoms with Crippen LogP contribution in [-0.2, 0) is 12.8 Å². The van der Waals surface area contributed by atoms with Crippen LogP contribution in [0.25, 0.3) is 0 Å². The lowest BCUT2D eigenvalue weighted by molar-refractivity contribution is 0.0953. The highest BCUT2D eigenvalue weighted by Crippen LogP contribution is 2.37. The van der Waals surface area contributed by atoms with Crippen molar-refractivity contribution in [2.75, 3.05) is 11.4 Å². The van der Waals surface area contributed by atoms with Crippen LogP contribution in [0.2, 0.25) is 0 Å². The number of carbonyl (C=O) groups is 1. The van der Waals surface area contributed by atoms with Gasteiger partial charge in [0.05, 0.1) is 17.4 Å². The van der Waals surface area contributed by atoms with Crippen molar-refractivity contribution in [1.82, 2.24) is 10.3 Å². The van der Waals surface area contributed by atoms with Gasteiger partial charge >= 0.3 is 0 Å². The molecule has 4 heteroatoms. The van der Waals surface area contributed by atoms with E-state index in [9.17, 15) is 4.79 Å². The molecule has 2 heterocycles. The van der Waals surface area contributed by atoms with Gasteiger partial charge in [-0.05, 0) is 49.4 Å². The molecule has 1 N–H and O–H groups in total. The quantitative estimate of drug-likeness (QED) is 0.648. The molecule has 1 aliphatic heterocycles. The van der Waals surface area contributed by atoms with E-state index < -0.39 is 0 Å². The summed E-state index contributed by atoms with van der Waals surface area (Å²) in [6.45, 7) is 2.86. The molecule has 4 rings (SSSR count). The maximum absolute atomic E-state index is 12.6. The number of hydrogen-bond acceptors (Lipinski definition) is 3. The monoisotopic (exact) mass is 371 g/mol. The SMILES string of the molecule is CC1Cc2ccccc2N1c1cncc(C(=O)NCCCc2ccccc2)c1. The molecule has 0 aliphatic carbocycles. The molecular weight excluding hydrogens is 346 g/mol. The molecule has 1 unspecified atom stereocenters. The molecule has 1 aromatic heterocycles. The Balaban J connectivity index is 1.40. The number of pyridine rings is 1. The highest BCUT2D eigenvalue weighted by molar-refractivity contribution is 5.95.